The summed E-state index contributed by atoms with van der Waals surface area (Å²) in [6.45, 7) is 10.0. The number of hydrogen-bond acceptors (Lipinski definition) is 4. The average molecular weight is 416 g/mol. The molecule has 0 radical (unpaired) electrons. The molecule has 150 valence electrons. The minimum Gasteiger partial charge on any atom is -0.379 e. The predicted molar refractivity (Wildman–Crippen MR) is 123 cm³/mol. The first-order valence-electron chi connectivity index (χ1n) is 9.80. The van der Waals surface area contributed by atoms with Crippen molar-refractivity contribution >= 4 is 34.8 Å². The van der Waals surface area contributed by atoms with E-state index in [4.69, 9.17) is 17.0 Å². The van der Waals surface area contributed by atoms with Gasteiger partial charge in [-0.3, -0.25) is 4.90 Å². The largest absolute Gasteiger partial charge is 0.379 e. The van der Waals surface area contributed by atoms with E-state index < -0.39 is 0 Å². The van der Waals surface area contributed by atoms with E-state index >= 15 is 0 Å². The van der Waals surface area contributed by atoms with Crippen molar-refractivity contribution in [2.24, 2.45) is 0 Å². The Morgan fingerprint density at radius 2 is 1.86 bits per heavy atom. The molecule has 1 heterocycles. The van der Waals surface area contributed by atoms with Crippen molar-refractivity contribution in [1.29, 1.82) is 0 Å². The first kappa shape index (κ1) is 21.1. The van der Waals surface area contributed by atoms with Gasteiger partial charge >= 0.3 is 0 Å². The second-order valence-electron chi connectivity index (χ2n) is 7.08. The molecule has 0 aliphatic carbocycles. The van der Waals surface area contributed by atoms with Gasteiger partial charge in [-0.2, -0.15) is 0 Å². The van der Waals surface area contributed by atoms with Crippen molar-refractivity contribution in [3.05, 3.63) is 53.6 Å². The molecule has 0 bridgehead atoms. The highest BCUT2D eigenvalue weighted by molar-refractivity contribution is 7.99. The van der Waals surface area contributed by atoms with Gasteiger partial charge in [0.25, 0.3) is 0 Å². The Morgan fingerprint density at radius 3 is 2.57 bits per heavy atom. The van der Waals surface area contributed by atoms with Crippen molar-refractivity contribution in [1.82, 2.24) is 10.2 Å². The van der Waals surface area contributed by atoms with Crippen molar-refractivity contribution < 1.29 is 4.74 Å². The zero-order valence-electron chi connectivity index (χ0n) is 16.7. The van der Waals surface area contributed by atoms with Gasteiger partial charge in [0.15, 0.2) is 5.11 Å². The Labute approximate surface area is 178 Å². The van der Waals surface area contributed by atoms with E-state index in [-0.39, 0.29) is 0 Å². The van der Waals surface area contributed by atoms with Crippen LogP contribution in [0.2, 0.25) is 0 Å². The quantitative estimate of drug-likeness (QED) is 0.514. The first-order chi connectivity index (χ1) is 13.6. The molecule has 6 heteroatoms. The van der Waals surface area contributed by atoms with Crippen LogP contribution in [0.15, 0.2) is 52.3 Å². The van der Waals surface area contributed by atoms with Gasteiger partial charge in [-0.25, -0.2) is 0 Å². The fraction of sp³-hybridized carbons (Fsp3) is 0.409. The van der Waals surface area contributed by atoms with Crippen molar-refractivity contribution in [3.8, 4) is 0 Å². The molecule has 1 aliphatic heterocycles. The maximum Gasteiger partial charge on any atom is 0.170 e. The van der Waals surface area contributed by atoms with Crippen LogP contribution in [0.4, 0.5) is 5.69 Å². The van der Waals surface area contributed by atoms with E-state index in [2.05, 4.69) is 71.8 Å². The van der Waals surface area contributed by atoms with Gasteiger partial charge in [-0.05, 0) is 74.9 Å². The van der Waals surface area contributed by atoms with E-state index in [0.717, 1.165) is 51.5 Å². The highest BCUT2D eigenvalue weighted by Crippen LogP contribution is 2.31. The summed E-state index contributed by atoms with van der Waals surface area (Å²) >= 11 is 7.20. The number of nitrogens with one attached hydrogen (secondary N) is 2. The summed E-state index contributed by atoms with van der Waals surface area (Å²) in [4.78, 5) is 4.96. The third kappa shape index (κ3) is 6.78. The second-order valence-corrected chi connectivity index (χ2v) is 8.61. The minimum atomic E-state index is 0.678. The maximum absolute atomic E-state index is 5.41. The van der Waals surface area contributed by atoms with Crippen LogP contribution < -0.4 is 10.6 Å². The molecule has 3 rings (SSSR count). The van der Waals surface area contributed by atoms with Gasteiger partial charge in [-0.15, -0.1) is 0 Å². The lowest BCUT2D eigenvalue weighted by Gasteiger charge is -2.26. The molecule has 0 spiro atoms. The van der Waals surface area contributed by atoms with Crippen molar-refractivity contribution in [2.45, 2.75) is 30.1 Å². The van der Waals surface area contributed by atoms with Crippen LogP contribution in [0.25, 0.3) is 0 Å². The number of aryl methyl sites for hydroxylation is 2. The molecule has 28 heavy (non-hydrogen) atoms. The number of anilines is 1. The standard InChI is InChI=1S/C22H29N3OS2/c1-17-4-9-21(18(2)16-17)28-20-7-5-19(6-8-20)24-22(27)23-10-3-11-25-12-14-26-15-13-25/h4-9,16H,3,10-15H2,1-2H3,(H2,23,24,27). The average Bonchev–Trinajstić information content (AvgIpc) is 2.70. The normalized spacial score (nSPS) is 14.6. The first-order valence-corrected chi connectivity index (χ1v) is 11.0. The molecule has 0 atom stereocenters. The van der Waals surface area contributed by atoms with E-state index in [0.29, 0.717) is 5.11 Å². The lowest BCUT2D eigenvalue weighted by atomic mass is 10.2. The summed E-state index contributed by atoms with van der Waals surface area (Å²) in [7, 11) is 0. The van der Waals surface area contributed by atoms with Crippen LogP contribution in [0.3, 0.4) is 0 Å². The molecule has 0 saturated carbocycles. The van der Waals surface area contributed by atoms with Crippen molar-refractivity contribution in [2.75, 3.05) is 44.7 Å². The topological polar surface area (TPSA) is 36.5 Å². The van der Waals surface area contributed by atoms with Crippen LogP contribution >= 0.6 is 24.0 Å². The molecule has 1 fully saturated rings. The summed E-state index contributed by atoms with van der Waals surface area (Å²) in [5.74, 6) is 0. The summed E-state index contributed by atoms with van der Waals surface area (Å²) in [5.41, 5.74) is 3.62. The highest BCUT2D eigenvalue weighted by Gasteiger charge is 2.09. The molecule has 2 aromatic rings. The molecule has 1 aliphatic rings. The van der Waals surface area contributed by atoms with E-state index in [1.807, 2.05) is 0 Å². The summed E-state index contributed by atoms with van der Waals surface area (Å²) in [6.07, 6.45) is 1.08. The molecule has 0 amide bonds. The van der Waals surface area contributed by atoms with Crippen LogP contribution in [0, 0.1) is 13.8 Å². The van der Waals surface area contributed by atoms with Gasteiger partial charge in [0.05, 0.1) is 13.2 Å². The SMILES string of the molecule is Cc1ccc(Sc2ccc(NC(=S)NCCCN3CCOCC3)cc2)c(C)c1. The van der Waals surface area contributed by atoms with Crippen LogP contribution in [-0.4, -0.2) is 49.4 Å². The Kier molecular flexibility index (Phi) is 8.15. The monoisotopic (exact) mass is 415 g/mol. The van der Waals surface area contributed by atoms with Gasteiger partial charge in [0.1, 0.15) is 0 Å². The number of ether oxygens (including phenoxy) is 1. The van der Waals surface area contributed by atoms with Crippen LogP contribution in [-0.2, 0) is 4.74 Å². The van der Waals surface area contributed by atoms with Gasteiger partial charge in [0.2, 0.25) is 0 Å². The number of nitrogens with zero attached hydrogens (tertiary/aromatic N) is 1. The molecule has 0 aromatic heterocycles. The predicted octanol–water partition coefficient (Wildman–Crippen LogP) is 4.46. The molecule has 0 unspecified atom stereocenters. The zero-order valence-corrected chi connectivity index (χ0v) is 18.3. The molecular formula is C22H29N3OS2. The molecule has 1 saturated heterocycles. The fourth-order valence-electron chi connectivity index (χ4n) is 3.15. The van der Waals surface area contributed by atoms with E-state index in [9.17, 15) is 0 Å². The molecule has 2 aromatic carbocycles. The third-order valence-electron chi connectivity index (χ3n) is 4.71. The second kappa shape index (κ2) is 10.8. The molecule has 4 nitrogen and oxygen atoms in total. The Morgan fingerprint density at radius 1 is 1.11 bits per heavy atom. The summed E-state index contributed by atoms with van der Waals surface area (Å²) < 4.78 is 5.37. The van der Waals surface area contributed by atoms with Gasteiger partial charge in [0, 0.05) is 35.1 Å². The number of thiocarbonyl (C=S) groups is 1. The number of hydrogen-bond donors (Lipinski definition) is 2. The number of rotatable bonds is 7. The fourth-order valence-corrected chi connectivity index (χ4v) is 4.25. The lowest BCUT2D eigenvalue weighted by molar-refractivity contribution is 0.0376. The van der Waals surface area contributed by atoms with Crippen molar-refractivity contribution in [3.63, 3.8) is 0 Å². The van der Waals surface area contributed by atoms with Crippen LogP contribution in [0.5, 0.6) is 0 Å². The molecular weight excluding hydrogens is 386 g/mol. The highest BCUT2D eigenvalue weighted by atomic mass is 32.2. The lowest BCUT2D eigenvalue weighted by Crippen LogP contribution is -2.38. The summed E-state index contributed by atoms with van der Waals surface area (Å²) in [5, 5.41) is 7.24. The van der Waals surface area contributed by atoms with E-state index in [1.54, 1.807) is 11.8 Å². The number of morpholine rings is 1. The van der Waals surface area contributed by atoms with Gasteiger partial charge in [-0.1, -0.05) is 29.5 Å². The smallest absolute Gasteiger partial charge is 0.170 e. The minimum absolute atomic E-state index is 0.678. The summed E-state index contributed by atoms with van der Waals surface area (Å²) in [6, 6.07) is 15.0. The Hall–Kier alpha value is -1.60. The maximum atomic E-state index is 5.41. The number of benzene rings is 2. The van der Waals surface area contributed by atoms with E-state index in [1.165, 1.54) is 20.9 Å². The van der Waals surface area contributed by atoms with Crippen LogP contribution in [0.1, 0.15) is 17.5 Å². The Balaban J connectivity index is 1.40. The zero-order chi connectivity index (χ0) is 19.8. The van der Waals surface area contributed by atoms with Gasteiger partial charge < -0.3 is 15.4 Å². The molecule has 2 N–H and O–H groups in total. The Bertz CT molecular complexity index is 774. The third-order valence-corrected chi connectivity index (χ3v) is 6.14.